The van der Waals surface area contributed by atoms with Gasteiger partial charge in [0.15, 0.2) is 0 Å². The number of aromatic nitrogens is 2. The molecule has 0 amide bonds. The van der Waals surface area contributed by atoms with Crippen molar-refractivity contribution in [2.24, 2.45) is 0 Å². The maximum atomic E-state index is 10.9. The van der Waals surface area contributed by atoms with Gasteiger partial charge in [-0.2, -0.15) is 10.4 Å². The van der Waals surface area contributed by atoms with Crippen LogP contribution in [-0.2, 0) is 0 Å². The quantitative estimate of drug-likeness (QED) is 0.934. The molecule has 0 aliphatic carbocycles. The Labute approximate surface area is 116 Å². The second-order valence-electron chi connectivity index (χ2n) is 3.41. The lowest BCUT2D eigenvalue weighted by Gasteiger charge is -2.07. The summed E-state index contributed by atoms with van der Waals surface area (Å²) in [4.78, 5) is 10.9. The van der Waals surface area contributed by atoms with Crippen molar-refractivity contribution in [3.05, 3.63) is 46.1 Å². The molecule has 94 valence electrons. The molecule has 2 aromatic rings. The molecule has 0 radical (unpaired) electrons. The van der Waals surface area contributed by atoms with Crippen LogP contribution in [0.3, 0.4) is 0 Å². The van der Waals surface area contributed by atoms with Gasteiger partial charge in [-0.1, -0.05) is 0 Å². The van der Waals surface area contributed by atoms with Crippen LogP contribution in [0, 0.1) is 11.3 Å². The van der Waals surface area contributed by atoms with Crippen LogP contribution in [0.4, 0.5) is 0 Å². The van der Waals surface area contributed by atoms with Crippen molar-refractivity contribution in [1.29, 1.82) is 5.26 Å². The zero-order chi connectivity index (χ0) is 13.8. The molecule has 0 unspecified atom stereocenters. The molecular formula is C12H6BrN3O3. The Bertz CT molecular complexity index is 682. The molecule has 1 heterocycles. The van der Waals surface area contributed by atoms with Crippen LogP contribution in [0.1, 0.15) is 15.9 Å². The molecule has 0 atom stereocenters. The van der Waals surface area contributed by atoms with E-state index in [9.17, 15) is 4.79 Å². The fraction of sp³-hybridized carbons (Fsp3) is 0. The Morgan fingerprint density at radius 2 is 2.21 bits per heavy atom. The summed E-state index contributed by atoms with van der Waals surface area (Å²) >= 11 is 3.23. The van der Waals surface area contributed by atoms with E-state index in [-0.39, 0.29) is 22.8 Å². The van der Waals surface area contributed by atoms with Crippen LogP contribution in [-0.4, -0.2) is 21.3 Å². The first kappa shape index (κ1) is 13.0. The number of hydrogen-bond donors (Lipinski definition) is 1. The third-order valence-corrected chi connectivity index (χ3v) is 2.85. The van der Waals surface area contributed by atoms with E-state index in [1.54, 1.807) is 6.07 Å². The molecule has 19 heavy (non-hydrogen) atoms. The van der Waals surface area contributed by atoms with Crippen LogP contribution < -0.4 is 4.74 Å². The molecule has 1 aromatic carbocycles. The van der Waals surface area contributed by atoms with Gasteiger partial charge in [0.2, 0.25) is 0 Å². The Morgan fingerprint density at radius 3 is 2.89 bits per heavy atom. The Kier molecular flexibility index (Phi) is 3.73. The topological polar surface area (TPSA) is 96.1 Å². The summed E-state index contributed by atoms with van der Waals surface area (Å²) in [6.07, 6.45) is 1.37. The van der Waals surface area contributed by atoms with Crippen LogP contribution in [0.25, 0.3) is 0 Å². The number of carbonyl (C=O) groups is 1. The highest BCUT2D eigenvalue weighted by Gasteiger charge is 2.12. The Balaban J connectivity index is 2.41. The first-order chi connectivity index (χ1) is 9.11. The molecule has 0 spiro atoms. The van der Waals surface area contributed by atoms with Gasteiger partial charge in [-0.3, -0.25) is 0 Å². The van der Waals surface area contributed by atoms with Crippen molar-refractivity contribution in [3.8, 4) is 17.7 Å². The molecule has 0 bridgehead atoms. The van der Waals surface area contributed by atoms with Gasteiger partial charge in [0.05, 0.1) is 16.2 Å². The third kappa shape index (κ3) is 2.86. The number of halogens is 1. The van der Waals surface area contributed by atoms with E-state index in [1.807, 2.05) is 6.07 Å². The van der Waals surface area contributed by atoms with E-state index in [0.717, 1.165) is 0 Å². The van der Waals surface area contributed by atoms with E-state index >= 15 is 0 Å². The standard InChI is InChI=1S/C12H6BrN3O3/c13-9-2-1-7(12(17)18)5-10(9)19-11-8(6-14)3-4-15-16-11/h1-5H,(H,17,18). The van der Waals surface area contributed by atoms with Crippen molar-refractivity contribution < 1.29 is 14.6 Å². The molecule has 0 aliphatic heterocycles. The highest BCUT2D eigenvalue weighted by atomic mass is 79.9. The number of benzene rings is 1. The molecule has 0 aliphatic rings. The summed E-state index contributed by atoms with van der Waals surface area (Å²) in [6.45, 7) is 0. The van der Waals surface area contributed by atoms with E-state index < -0.39 is 5.97 Å². The molecule has 1 N–H and O–H groups in total. The zero-order valence-electron chi connectivity index (χ0n) is 9.37. The highest BCUT2D eigenvalue weighted by Crippen LogP contribution is 2.30. The summed E-state index contributed by atoms with van der Waals surface area (Å²) in [5.74, 6) is -0.804. The van der Waals surface area contributed by atoms with E-state index in [2.05, 4.69) is 26.1 Å². The van der Waals surface area contributed by atoms with Gasteiger partial charge in [-0.05, 0) is 40.2 Å². The number of carboxylic acids is 1. The minimum absolute atomic E-state index is 0.0215. The van der Waals surface area contributed by atoms with E-state index in [0.29, 0.717) is 4.47 Å². The highest BCUT2D eigenvalue weighted by molar-refractivity contribution is 9.10. The molecule has 7 heteroatoms. The van der Waals surface area contributed by atoms with Crippen molar-refractivity contribution in [2.75, 3.05) is 0 Å². The summed E-state index contributed by atoms with van der Waals surface area (Å²) in [5, 5.41) is 25.1. The summed E-state index contributed by atoms with van der Waals surface area (Å²) in [7, 11) is 0. The monoisotopic (exact) mass is 319 g/mol. The first-order valence-electron chi connectivity index (χ1n) is 5.04. The Morgan fingerprint density at radius 1 is 1.42 bits per heavy atom. The maximum absolute atomic E-state index is 10.9. The average Bonchev–Trinajstić information content (AvgIpc) is 2.41. The second-order valence-corrected chi connectivity index (χ2v) is 4.27. The number of hydrogen-bond acceptors (Lipinski definition) is 5. The fourth-order valence-electron chi connectivity index (χ4n) is 1.30. The Hall–Kier alpha value is -2.46. The SMILES string of the molecule is N#Cc1ccnnc1Oc1cc(C(=O)O)ccc1Br. The molecule has 2 rings (SSSR count). The average molecular weight is 320 g/mol. The van der Waals surface area contributed by atoms with Crippen molar-refractivity contribution >= 4 is 21.9 Å². The molecule has 0 saturated heterocycles. The molecule has 1 aromatic heterocycles. The predicted molar refractivity (Wildman–Crippen MR) is 67.9 cm³/mol. The number of rotatable bonds is 3. The van der Waals surface area contributed by atoms with Crippen LogP contribution in [0.5, 0.6) is 11.6 Å². The molecular weight excluding hydrogens is 314 g/mol. The van der Waals surface area contributed by atoms with Gasteiger partial charge in [-0.15, -0.1) is 5.10 Å². The minimum atomic E-state index is -1.07. The van der Waals surface area contributed by atoms with Gasteiger partial charge < -0.3 is 9.84 Å². The van der Waals surface area contributed by atoms with E-state index in [1.165, 1.54) is 24.4 Å². The summed E-state index contributed by atoms with van der Waals surface area (Å²) in [5.41, 5.74) is 0.281. The van der Waals surface area contributed by atoms with Gasteiger partial charge in [0.25, 0.3) is 5.88 Å². The summed E-state index contributed by atoms with van der Waals surface area (Å²) in [6, 6.07) is 7.68. The van der Waals surface area contributed by atoms with Crippen LogP contribution in [0.2, 0.25) is 0 Å². The first-order valence-corrected chi connectivity index (χ1v) is 5.83. The molecule has 0 fully saturated rings. The fourth-order valence-corrected chi connectivity index (χ4v) is 1.63. The van der Waals surface area contributed by atoms with Gasteiger partial charge >= 0.3 is 5.97 Å². The predicted octanol–water partition coefficient (Wildman–Crippen LogP) is 2.60. The van der Waals surface area contributed by atoms with Crippen LogP contribution in [0.15, 0.2) is 34.9 Å². The number of ether oxygens (including phenoxy) is 1. The van der Waals surface area contributed by atoms with E-state index in [4.69, 9.17) is 15.1 Å². The van der Waals surface area contributed by atoms with Crippen molar-refractivity contribution in [1.82, 2.24) is 10.2 Å². The normalized spacial score (nSPS) is 9.68. The minimum Gasteiger partial charge on any atom is -0.478 e. The largest absolute Gasteiger partial charge is 0.478 e. The van der Waals surface area contributed by atoms with Crippen molar-refractivity contribution in [3.63, 3.8) is 0 Å². The second kappa shape index (κ2) is 5.46. The lowest BCUT2D eigenvalue weighted by atomic mass is 10.2. The smallest absolute Gasteiger partial charge is 0.335 e. The van der Waals surface area contributed by atoms with Gasteiger partial charge in [-0.25, -0.2) is 4.79 Å². The van der Waals surface area contributed by atoms with Crippen LogP contribution >= 0.6 is 15.9 Å². The van der Waals surface area contributed by atoms with Crippen molar-refractivity contribution in [2.45, 2.75) is 0 Å². The van der Waals surface area contributed by atoms with Gasteiger partial charge in [0, 0.05) is 0 Å². The van der Waals surface area contributed by atoms with Gasteiger partial charge in [0.1, 0.15) is 17.4 Å². The number of nitriles is 1. The number of carboxylic acid groups (broad SMARTS) is 1. The lowest BCUT2D eigenvalue weighted by molar-refractivity contribution is 0.0696. The molecule has 6 nitrogen and oxygen atoms in total. The number of aromatic carboxylic acids is 1. The lowest BCUT2D eigenvalue weighted by Crippen LogP contribution is -1.98. The zero-order valence-corrected chi connectivity index (χ0v) is 11.0. The molecule has 0 saturated carbocycles. The summed E-state index contributed by atoms with van der Waals surface area (Å²) < 4.78 is 5.96. The third-order valence-electron chi connectivity index (χ3n) is 2.19. The maximum Gasteiger partial charge on any atom is 0.335 e. The number of nitrogens with zero attached hydrogens (tertiary/aromatic N) is 3.